The number of nitro benzene ring substituents is 1. The van der Waals surface area contributed by atoms with Crippen molar-refractivity contribution in [1.29, 1.82) is 0 Å². The van der Waals surface area contributed by atoms with E-state index in [1.54, 1.807) is 0 Å². The van der Waals surface area contributed by atoms with Gasteiger partial charge in [0.1, 0.15) is 25.2 Å². The number of carboxylic acid groups (broad SMARTS) is 2. The van der Waals surface area contributed by atoms with Gasteiger partial charge in [0.15, 0.2) is 0 Å². The molecule has 0 aliphatic carbocycles. The van der Waals surface area contributed by atoms with Gasteiger partial charge in [-0.2, -0.15) is 0 Å². The molecule has 0 aromatic heterocycles. The molecule has 2 amide bonds. The molecule has 14 nitrogen and oxygen atoms in total. The lowest BCUT2D eigenvalue weighted by molar-refractivity contribution is -0.385. The normalized spacial score (nSPS) is 12.2. The van der Waals surface area contributed by atoms with Crippen LogP contribution in [0.15, 0.2) is 24.3 Å². The lowest BCUT2D eigenvalue weighted by Crippen LogP contribution is -2.49. The van der Waals surface area contributed by atoms with Crippen LogP contribution in [-0.4, -0.2) is 68.6 Å². The Bertz CT molecular complexity index is 910. The molecule has 0 spiro atoms. The Hall–Kier alpha value is -3.72. The van der Waals surface area contributed by atoms with E-state index >= 15 is 0 Å². The summed E-state index contributed by atoms with van der Waals surface area (Å²) in [6.07, 6.45) is -0.543. The van der Waals surface area contributed by atoms with Crippen molar-refractivity contribution in [2.75, 3.05) is 12.3 Å². The van der Waals surface area contributed by atoms with Crippen LogP contribution in [-0.2, 0) is 30.5 Å². The number of thioether (sulfide) groups is 1. The monoisotopic (exact) mass is 486 g/mol. The van der Waals surface area contributed by atoms with Crippen LogP contribution in [0.1, 0.15) is 18.4 Å². The van der Waals surface area contributed by atoms with Crippen LogP contribution >= 0.6 is 11.8 Å². The Morgan fingerprint density at radius 2 is 1.85 bits per heavy atom. The lowest BCUT2D eigenvalue weighted by Gasteiger charge is -2.17. The number of amides is 2. The summed E-state index contributed by atoms with van der Waals surface area (Å²) in [4.78, 5) is 68.0. The molecule has 0 fully saturated rings. The summed E-state index contributed by atoms with van der Waals surface area (Å²) >= 11 is 0.479. The van der Waals surface area contributed by atoms with E-state index in [1.165, 1.54) is 24.3 Å². The Kier molecular flexibility index (Phi) is 11.3. The molecule has 0 saturated heterocycles. The molecule has 0 unspecified atom stereocenters. The number of nitrogens with one attached hydrogen (secondary N) is 2. The minimum atomic E-state index is -1.35. The summed E-state index contributed by atoms with van der Waals surface area (Å²) < 4.78 is 4.96. The molecule has 0 heterocycles. The molecule has 0 radical (unpaired) electrons. The maximum Gasteiger partial charge on any atom is 0.367 e. The van der Waals surface area contributed by atoms with Gasteiger partial charge in [-0.15, -0.1) is 0 Å². The fraction of sp³-hybridized carbons (Fsp3) is 0.389. The second-order valence-electron chi connectivity index (χ2n) is 6.45. The first-order valence-electron chi connectivity index (χ1n) is 9.30. The summed E-state index contributed by atoms with van der Waals surface area (Å²) in [6, 6.07) is 2.98. The highest BCUT2D eigenvalue weighted by Crippen LogP contribution is 2.20. The molecular formula is C18H22N4O10S. The average molecular weight is 486 g/mol. The highest BCUT2D eigenvalue weighted by molar-refractivity contribution is 8.13. The number of carboxylic acids is 2. The highest BCUT2D eigenvalue weighted by Gasteiger charge is 2.24. The minimum absolute atomic E-state index is 0.148. The van der Waals surface area contributed by atoms with Crippen molar-refractivity contribution in [2.24, 2.45) is 5.73 Å². The number of nitrogens with two attached hydrogens (primary N) is 1. The third-order valence-corrected chi connectivity index (χ3v) is 4.82. The number of nitrogens with zero attached hydrogens (tertiary/aromatic N) is 1. The quantitative estimate of drug-likeness (QED) is 0.139. The number of benzene rings is 1. The molecule has 1 rings (SSSR count). The van der Waals surface area contributed by atoms with E-state index in [0.717, 1.165) is 0 Å². The van der Waals surface area contributed by atoms with Gasteiger partial charge in [-0.25, -0.2) is 4.79 Å². The number of nitro groups is 1. The van der Waals surface area contributed by atoms with E-state index in [9.17, 15) is 34.1 Å². The van der Waals surface area contributed by atoms with E-state index in [-0.39, 0.29) is 29.8 Å². The Morgan fingerprint density at radius 3 is 2.45 bits per heavy atom. The zero-order valence-electron chi connectivity index (χ0n) is 17.1. The summed E-state index contributed by atoms with van der Waals surface area (Å²) in [5, 5.41) is 31.9. The molecule has 180 valence electrons. The minimum Gasteiger partial charge on any atom is -0.480 e. The number of rotatable bonds is 13. The molecule has 0 aliphatic rings. The number of hydrogen-bond donors (Lipinski definition) is 5. The molecule has 0 saturated carbocycles. The van der Waals surface area contributed by atoms with Crippen LogP contribution in [0.4, 0.5) is 10.5 Å². The Balaban J connectivity index is 2.68. The zero-order chi connectivity index (χ0) is 25.0. The molecule has 6 N–H and O–H groups in total. The first-order valence-corrected chi connectivity index (χ1v) is 10.3. The first-order chi connectivity index (χ1) is 15.5. The summed E-state index contributed by atoms with van der Waals surface area (Å²) in [6.45, 7) is -1.14. The predicted molar refractivity (Wildman–Crippen MR) is 113 cm³/mol. The number of ether oxygens (including phenoxy) is 1. The predicted octanol–water partition coefficient (Wildman–Crippen LogP) is -0.158. The SMILES string of the molecule is N[C@H](CCC(=O)N[C@@H](CSC(=O)OCc1ccccc1[N+](=O)[O-])C(=O)NCC(=O)O)C(=O)O. The molecule has 1 aromatic rings. The molecule has 33 heavy (non-hydrogen) atoms. The number of aliphatic carboxylic acids is 2. The molecule has 15 heteroatoms. The molecular weight excluding hydrogens is 464 g/mol. The fourth-order valence-corrected chi connectivity index (χ4v) is 2.97. The van der Waals surface area contributed by atoms with Gasteiger partial charge in [-0.05, 0) is 24.2 Å². The van der Waals surface area contributed by atoms with Crippen LogP contribution in [0.2, 0.25) is 0 Å². The van der Waals surface area contributed by atoms with Crippen LogP contribution in [0.5, 0.6) is 0 Å². The van der Waals surface area contributed by atoms with Crippen molar-refractivity contribution in [3.63, 3.8) is 0 Å². The van der Waals surface area contributed by atoms with Gasteiger partial charge in [0.05, 0.1) is 10.5 Å². The van der Waals surface area contributed by atoms with Gasteiger partial charge in [0, 0.05) is 18.2 Å². The van der Waals surface area contributed by atoms with Crippen molar-refractivity contribution in [2.45, 2.75) is 31.5 Å². The zero-order valence-corrected chi connectivity index (χ0v) is 17.9. The maximum atomic E-state index is 12.2. The fourth-order valence-electron chi connectivity index (χ4n) is 2.29. The molecule has 2 atom stereocenters. The Labute approximate surface area is 191 Å². The second-order valence-corrected chi connectivity index (χ2v) is 7.41. The smallest absolute Gasteiger partial charge is 0.367 e. The van der Waals surface area contributed by atoms with Crippen LogP contribution < -0.4 is 16.4 Å². The van der Waals surface area contributed by atoms with Gasteiger partial charge in [-0.1, -0.05) is 12.1 Å². The summed E-state index contributed by atoms with van der Waals surface area (Å²) in [5.74, 6) is -4.63. The van der Waals surface area contributed by atoms with Gasteiger partial charge < -0.3 is 31.3 Å². The van der Waals surface area contributed by atoms with Crippen LogP contribution in [0, 0.1) is 10.1 Å². The summed E-state index contributed by atoms with van der Waals surface area (Å²) in [7, 11) is 0. The van der Waals surface area contributed by atoms with Crippen molar-refractivity contribution < 1.29 is 43.8 Å². The van der Waals surface area contributed by atoms with Gasteiger partial charge in [-0.3, -0.25) is 29.3 Å². The van der Waals surface area contributed by atoms with Crippen LogP contribution in [0.3, 0.4) is 0 Å². The highest BCUT2D eigenvalue weighted by atomic mass is 32.2. The molecule has 0 bridgehead atoms. The van der Waals surface area contributed by atoms with E-state index in [1.807, 2.05) is 0 Å². The molecule has 0 aliphatic heterocycles. The number of para-hydroxylation sites is 1. The van der Waals surface area contributed by atoms with Gasteiger partial charge in [0.25, 0.3) is 5.69 Å². The van der Waals surface area contributed by atoms with E-state index < -0.39 is 59.2 Å². The van der Waals surface area contributed by atoms with Crippen molar-refractivity contribution in [3.05, 3.63) is 39.9 Å². The van der Waals surface area contributed by atoms with E-state index in [2.05, 4.69) is 10.6 Å². The van der Waals surface area contributed by atoms with E-state index in [4.69, 9.17) is 20.7 Å². The standard InChI is InChI=1S/C18H22N4O10S/c19-11(17(27)28)5-6-14(23)21-12(16(26)20-7-15(24)25)9-33-18(29)32-8-10-3-1-2-4-13(10)22(30)31/h1-4,11-12H,5-9,19H2,(H,20,26)(H,21,23)(H,24,25)(H,27,28)/t11-,12+/m1/s1. The van der Waals surface area contributed by atoms with Crippen molar-refractivity contribution >= 4 is 46.5 Å². The number of hydrogen-bond acceptors (Lipinski definition) is 10. The topological polar surface area (TPSA) is 228 Å². The average Bonchev–Trinajstić information content (AvgIpc) is 2.76. The third kappa shape index (κ3) is 10.4. The maximum absolute atomic E-state index is 12.2. The third-order valence-electron chi connectivity index (χ3n) is 3.97. The van der Waals surface area contributed by atoms with Gasteiger partial charge >= 0.3 is 17.2 Å². The van der Waals surface area contributed by atoms with Crippen molar-refractivity contribution in [3.8, 4) is 0 Å². The van der Waals surface area contributed by atoms with Crippen LogP contribution in [0.25, 0.3) is 0 Å². The van der Waals surface area contributed by atoms with E-state index in [0.29, 0.717) is 11.8 Å². The number of carbonyl (C=O) groups is 5. The Morgan fingerprint density at radius 1 is 1.18 bits per heavy atom. The number of carbonyl (C=O) groups excluding carboxylic acids is 3. The van der Waals surface area contributed by atoms with Crippen molar-refractivity contribution in [1.82, 2.24) is 10.6 Å². The lowest BCUT2D eigenvalue weighted by atomic mass is 10.1. The first kappa shape index (κ1) is 27.3. The molecule has 1 aromatic carbocycles. The summed E-state index contributed by atoms with van der Waals surface area (Å²) in [5.41, 5.74) is 5.22. The largest absolute Gasteiger partial charge is 0.480 e. The van der Waals surface area contributed by atoms with Gasteiger partial charge in [0.2, 0.25) is 11.8 Å². The second kappa shape index (κ2) is 13.6.